The normalized spacial score (nSPS) is 22.1. The third-order valence-electron chi connectivity index (χ3n) is 5.16. The summed E-state index contributed by atoms with van der Waals surface area (Å²) < 4.78 is 0. The van der Waals surface area contributed by atoms with Crippen LogP contribution in [0, 0.1) is 5.92 Å². The van der Waals surface area contributed by atoms with Gasteiger partial charge in [-0.3, -0.25) is 14.5 Å². The number of hydrogen-bond donors (Lipinski definition) is 1. The molecule has 0 spiro atoms. The van der Waals surface area contributed by atoms with E-state index in [0.29, 0.717) is 28.5 Å². The molecule has 1 saturated carbocycles. The van der Waals surface area contributed by atoms with E-state index in [4.69, 9.17) is 23.2 Å². The Bertz CT molecular complexity index is 870. The minimum Gasteiger partial charge on any atom is -0.366 e. The number of halogens is 2. The first-order chi connectivity index (χ1) is 13.0. The maximum Gasteiger partial charge on any atom is 0.261 e. The second-order valence-electron chi connectivity index (χ2n) is 6.98. The van der Waals surface area contributed by atoms with Gasteiger partial charge in [0.05, 0.1) is 17.3 Å². The first-order valence-corrected chi connectivity index (χ1v) is 9.68. The SMILES string of the molecule is O=C1c2ccccc2C(=O)N1CC1CCCC(Nc2nc(Cl)ncc2Cl)C1. The summed E-state index contributed by atoms with van der Waals surface area (Å²) in [4.78, 5) is 34.5. The molecule has 6 nitrogen and oxygen atoms in total. The van der Waals surface area contributed by atoms with E-state index in [9.17, 15) is 9.59 Å². The number of aromatic nitrogens is 2. The standard InChI is InChI=1S/C19H18Cl2N4O2/c20-15-9-22-19(21)24-16(15)23-12-5-3-4-11(8-12)10-25-17(26)13-6-1-2-7-14(13)18(25)27/h1-2,6-7,9,11-12H,3-5,8,10H2,(H,22,23,24). The average molecular weight is 405 g/mol. The molecule has 1 aliphatic carbocycles. The molecule has 4 rings (SSSR count). The average Bonchev–Trinajstić information content (AvgIpc) is 2.90. The quantitative estimate of drug-likeness (QED) is 0.614. The molecule has 2 aliphatic rings. The highest BCUT2D eigenvalue weighted by atomic mass is 35.5. The fourth-order valence-electron chi connectivity index (χ4n) is 3.89. The van der Waals surface area contributed by atoms with E-state index in [1.807, 2.05) is 0 Å². The summed E-state index contributed by atoms with van der Waals surface area (Å²) in [5, 5.41) is 3.89. The maximum absolute atomic E-state index is 12.6. The molecule has 0 radical (unpaired) electrons. The molecule has 1 fully saturated rings. The van der Waals surface area contributed by atoms with Crippen molar-refractivity contribution >= 4 is 40.8 Å². The summed E-state index contributed by atoms with van der Waals surface area (Å²) in [7, 11) is 0. The van der Waals surface area contributed by atoms with Crippen molar-refractivity contribution in [3.63, 3.8) is 0 Å². The van der Waals surface area contributed by atoms with Crippen molar-refractivity contribution < 1.29 is 9.59 Å². The Morgan fingerprint density at radius 2 is 1.81 bits per heavy atom. The molecule has 8 heteroatoms. The van der Waals surface area contributed by atoms with Gasteiger partial charge in [0.15, 0.2) is 0 Å². The molecular weight excluding hydrogens is 387 g/mol. The van der Waals surface area contributed by atoms with Crippen LogP contribution in [0.25, 0.3) is 0 Å². The molecule has 2 heterocycles. The Morgan fingerprint density at radius 1 is 1.11 bits per heavy atom. The molecule has 140 valence electrons. The zero-order valence-corrected chi connectivity index (χ0v) is 16.0. The molecule has 1 aromatic heterocycles. The van der Waals surface area contributed by atoms with Crippen LogP contribution >= 0.6 is 23.2 Å². The molecule has 1 aliphatic heterocycles. The first kappa shape index (κ1) is 18.2. The van der Waals surface area contributed by atoms with E-state index in [-0.39, 0.29) is 29.1 Å². The van der Waals surface area contributed by atoms with Crippen molar-refractivity contribution in [2.24, 2.45) is 5.92 Å². The van der Waals surface area contributed by atoms with Crippen LogP contribution in [0.4, 0.5) is 5.82 Å². The Hall–Kier alpha value is -2.18. The molecule has 2 atom stereocenters. The Morgan fingerprint density at radius 3 is 2.52 bits per heavy atom. The van der Waals surface area contributed by atoms with Crippen molar-refractivity contribution in [2.45, 2.75) is 31.7 Å². The molecule has 1 N–H and O–H groups in total. The van der Waals surface area contributed by atoms with E-state index in [0.717, 1.165) is 25.7 Å². The summed E-state index contributed by atoms with van der Waals surface area (Å²) in [5.74, 6) is 0.352. The van der Waals surface area contributed by atoms with E-state index < -0.39 is 0 Å². The number of rotatable bonds is 4. The molecule has 2 unspecified atom stereocenters. The molecule has 27 heavy (non-hydrogen) atoms. The van der Waals surface area contributed by atoms with Gasteiger partial charge in [0.2, 0.25) is 5.28 Å². The number of carbonyl (C=O) groups is 2. The predicted octanol–water partition coefficient (Wildman–Crippen LogP) is 4.05. The summed E-state index contributed by atoms with van der Waals surface area (Å²) in [6.45, 7) is 0.433. The van der Waals surface area contributed by atoms with Crippen LogP contribution in [0.1, 0.15) is 46.4 Å². The minimum atomic E-state index is -0.198. The summed E-state index contributed by atoms with van der Waals surface area (Å²) in [6.07, 6.45) is 5.24. The lowest BCUT2D eigenvalue weighted by molar-refractivity contribution is 0.0614. The second-order valence-corrected chi connectivity index (χ2v) is 7.72. The number of hydrogen-bond acceptors (Lipinski definition) is 5. The molecular formula is C19H18Cl2N4O2. The number of nitrogens with zero attached hydrogens (tertiary/aromatic N) is 3. The van der Waals surface area contributed by atoms with E-state index in [2.05, 4.69) is 15.3 Å². The number of carbonyl (C=O) groups excluding carboxylic acids is 2. The number of fused-ring (bicyclic) bond motifs is 1. The number of amides is 2. The van der Waals surface area contributed by atoms with Crippen molar-refractivity contribution in [3.05, 3.63) is 51.9 Å². The Balaban J connectivity index is 1.43. The molecule has 1 aromatic carbocycles. The zero-order valence-electron chi connectivity index (χ0n) is 14.5. The zero-order chi connectivity index (χ0) is 19.0. The fraction of sp³-hybridized carbons (Fsp3) is 0.368. The van der Waals surface area contributed by atoms with Gasteiger partial charge in [0.1, 0.15) is 10.8 Å². The topological polar surface area (TPSA) is 75.2 Å². The van der Waals surface area contributed by atoms with Crippen LogP contribution < -0.4 is 5.32 Å². The molecule has 0 saturated heterocycles. The van der Waals surface area contributed by atoms with E-state index in [1.165, 1.54) is 11.1 Å². The van der Waals surface area contributed by atoms with Crippen LogP contribution in [0.15, 0.2) is 30.5 Å². The molecule has 2 amide bonds. The monoisotopic (exact) mass is 404 g/mol. The third kappa shape index (κ3) is 3.64. The smallest absolute Gasteiger partial charge is 0.261 e. The van der Waals surface area contributed by atoms with Gasteiger partial charge in [0.25, 0.3) is 11.8 Å². The van der Waals surface area contributed by atoms with Gasteiger partial charge in [-0.05, 0) is 48.9 Å². The Kier molecular flexibility index (Phi) is 5.02. The van der Waals surface area contributed by atoms with Crippen molar-refractivity contribution in [1.29, 1.82) is 0 Å². The maximum atomic E-state index is 12.6. The van der Waals surface area contributed by atoms with Crippen LogP contribution in [0.5, 0.6) is 0 Å². The lowest BCUT2D eigenvalue weighted by Gasteiger charge is -2.32. The second kappa shape index (κ2) is 7.44. The number of imide groups is 1. The van der Waals surface area contributed by atoms with Crippen molar-refractivity contribution in [2.75, 3.05) is 11.9 Å². The largest absolute Gasteiger partial charge is 0.366 e. The van der Waals surface area contributed by atoms with Gasteiger partial charge in [-0.2, -0.15) is 4.98 Å². The van der Waals surface area contributed by atoms with Gasteiger partial charge in [-0.25, -0.2) is 4.98 Å². The van der Waals surface area contributed by atoms with Crippen molar-refractivity contribution in [3.8, 4) is 0 Å². The van der Waals surface area contributed by atoms with Gasteiger partial charge in [-0.1, -0.05) is 30.2 Å². The van der Waals surface area contributed by atoms with E-state index >= 15 is 0 Å². The summed E-state index contributed by atoms with van der Waals surface area (Å²) in [6, 6.07) is 7.14. The fourth-order valence-corrected chi connectivity index (χ4v) is 4.17. The first-order valence-electron chi connectivity index (χ1n) is 8.92. The van der Waals surface area contributed by atoms with Crippen LogP contribution in [-0.2, 0) is 0 Å². The summed E-state index contributed by atoms with van der Waals surface area (Å²) in [5.41, 5.74) is 0.991. The van der Waals surface area contributed by atoms with Gasteiger partial charge < -0.3 is 5.32 Å². The lowest BCUT2D eigenvalue weighted by atomic mass is 9.85. The number of benzene rings is 1. The van der Waals surface area contributed by atoms with Gasteiger partial charge >= 0.3 is 0 Å². The molecule has 2 aromatic rings. The van der Waals surface area contributed by atoms with E-state index in [1.54, 1.807) is 24.3 Å². The van der Waals surface area contributed by atoms with Crippen LogP contribution in [0.2, 0.25) is 10.3 Å². The highest BCUT2D eigenvalue weighted by molar-refractivity contribution is 6.33. The highest BCUT2D eigenvalue weighted by Crippen LogP contribution is 2.31. The molecule has 0 bridgehead atoms. The third-order valence-corrected chi connectivity index (χ3v) is 5.62. The predicted molar refractivity (Wildman–Crippen MR) is 103 cm³/mol. The van der Waals surface area contributed by atoms with Gasteiger partial charge in [-0.15, -0.1) is 0 Å². The Labute approximate surface area is 166 Å². The van der Waals surface area contributed by atoms with Crippen molar-refractivity contribution in [1.82, 2.24) is 14.9 Å². The minimum absolute atomic E-state index is 0.139. The summed E-state index contributed by atoms with van der Waals surface area (Å²) >= 11 is 12.0. The van der Waals surface area contributed by atoms with Crippen LogP contribution in [-0.4, -0.2) is 39.3 Å². The van der Waals surface area contributed by atoms with Gasteiger partial charge in [0, 0.05) is 12.6 Å². The van der Waals surface area contributed by atoms with Crippen LogP contribution in [0.3, 0.4) is 0 Å². The number of anilines is 1. The lowest BCUT2D eigenvalue weighted by Crippen LogP contribution is -2.38. The highest BCUT2D eigenvalue weighted by Gasteiger charge is 2.37. The number of nitrogens with one attached hydrogen (secondary N) is 1.